The number of nitrogens with zero attached hydrogens (tertiary/aromatic N) is 1. The number of hydrogen-bond donors (Lipinski definition) is 1. The van der Waals surface area contributed by atoms with Gasteiger partial charge in [-0.25, -0.2) is 0 Å². The first kappa shape index (κ1) is 14.2. The molecule has 106 valence electrons. The van der Waals surface area contributed by atoms with Gasteiger partial charge < -0.3 is 15.2 Å². The van der Waals surface area contributed by atoms with E-state index in [1.54, 1.807) is 7.11 Å². The molecule has 0 spiro atoms. The van der Waals surface area contributed by atoms with E-state index < -0.39 is 0 Å². The maximum absolute atomic E-state index is 5.70. The molecule has 1 aromatic carbocycles. The zero-order valence-corrected chi connectivity index (χ0v) is 11.7. The van der Waals surface area contributed by atoms with E-state index in [9.17, 15) is 0 Å². The van der Waals surface area contributed by atoms with Gasteiger partial charge in [0.25, 0.3) is 0 Å². The molecule has 1 saturated carbocycles. The summed E-state index contributed by atoms with van der Waals surface area (Å²) < 4.78 is 10.9. The molecule has 2 N–H and O–H groups in total. The molecule has 1 aliphatic carbocycles. The lowest BCUT2D eigenvalue weighted by atomic mass is 10.3. The molecule has 19 heavy (non-hydrogen) atoms. The number of ether oxygens (including phenoxy) is 2. The Bertz CT molecular complexity index is 363. The van der Waals surface area contributed by atoms with E-state index in [4.69, 9.17) is 15.2 Å². The normalized spacial score (nSPS) is 14.8. The van der Waals surface area contributed by atoms with Crippen molar-refractivity contribution in [3.05, 3.63) is 24.3 Å². The lowest BCUT2D eigenvalue weighted by Crippen LogP contribution is -2.31. The second kappa shape index (κ2) is 7.36. The maximum Gasteiger partial charge on any atom is 0.119 e. The van der Waals surface area contributed by atoms with Crippen LogP contribution in [0.5, 0.6) is 5.75 Å². The Morgan fingerprint density at radius 1 is 1.16 bits per heavy atom. The Morgan fingerprint density at radius 2 is 1.89 bits per heavy atom. The van der Waals surface area contributed by atoms with Crippen LogP contribution in [-0.4, -0.2) is 44.4 Å². The SMILES string of the molecule is COCCN(CCCOc1ccc(N)cc1)C1CC1. The largest absolute Gasteiger partial charge is 0.494 e. The molecule has 0 amide bonds. The molecule has 1 aliphatic rings. The highest BCUT2D eigenvalue weighted by atomic mass is 16.5. The Hall–Kier alpha value is -1.26. The van der Waals surface area contributed by atoms with Crippen molar-refractivity contribution in [2.45, 2.75) is 25.3 Å². The quantitative estimate of drug-likeness (QED) is 0.548. The molecule has 1 fully saturated rings. The van der Waals surface area contributed by atoms with Crippen LogP contribution in [0.3, 0.4) is 0 Å². The predicted molar refractivity (Wildman–Crippen MR) is 77.4 cm³/mol. The molecule has 1 aromatic rings. The van der Waals surface area contributed by atoms with E-state index >= 15 is 0 Å². The van der Waals surface area contributed by atoms with Crippen LogP contribution < -0.4 is 10.5 Å². The summed E-state index contributed by atoms with van der Waals surface area (Å²) in [5, 5.41) is 0. The molecule has 4 heteroatoms. The van der Waals surface area contributed by atoms with Gasteiger partial charge in [0, 0.05) is 31.9 Å². The summed E-state index contributed by atoms with van der Waals surface area (Å²) >= 11 is 0. The third kappa shape index (κ3) is 5.09. The molecule has 0 heterocycles. The minimum Gasteiger partial charge on any atom is -0.494 e. The third-order valence-electron chi connectivity index (χ3n) is 3.38. The van der Waals surface area contributed by atoms with E-state index in [-0.39, 0.29) is 0 Å². The Labute approximate surface area is 115 Å². The van der Waals surface area contributed by atoms with Gasteiger partial charge in [0.2, 0.25) is 0 Å². The van der Waals surface area contributed by atoms with E-state index in [2.05, 4.69) is 4.90 Å². The van der Waals surface area contributed by atoms with Crippen LogP contribution in [0.4, 0.5) is 5.69 Å². The van der Waals surface area contributed by atoms with Crippen LogP contribution in [0.1, 0.15) is 19.3 Å². The topological polar surface area (TPSA) is 47.7 Å². The van der Waals surface area contributed by atoms with E-state index in [0.717, 1.165) is 50.2 Å². The molecule has 4 nitrogen and oxygen atoms in total. The monoisotopic (exact) mass is 264 g/mol. The first-order valence-electron chi connectivity index (χ1n) is 7.01. The standard InChI is InChI=1S/C15H24N2O2/c1-18-12-10-17(14-5-6-14)9-2-11-19-15-7-3-13(16)4-8-15/h3-4,7-8,14H,2,5-6,9-12,16H2,1H3. The zero-order chi connectivity index (χ0) is 13.5. The van der Waals surface area contributed by atoms with E-state index in [1.807, 2.05) is 24.3 Å². The van der Waals surface area contributed by atoms with Crippen molar-refractivity contribution in [1.82, 2.24) is 4.90 Å². The molecule has 0 aromatic heterocycles. The number of rotatable bonds is 9. The smallest absolute Gasteiger partial charge is 0.119 e. The molecule has 0 saturated heterocycles. The van der Waals surface area contributed by atoms with Crippen molar-refractivity contribution in [1.29, 1.82) is 0 Å². The van der Waals surface area contributed by atoms with Gasteiger partial charge in [-0.15, -0.1) is 0 Å². The average Bonchev–Trinajstić information content (AvgIpc) is 3.24. The van der Waals surface area contributed by atoms with Crippen LogP contribution in [-0.2, 0) is 4.74 Å². The van der Waals surface area contributed by atoms with Crippen LogP contribution in [0.25, 0.3) is 0 Å². The van der Waals surface area contributed by atoms with Crippen molar-refractivity contribution in [3.63, 3.8) is 0 Å². The Morgan fingerprint density at radius 3 is 2.53 bits per heavy atom. The lowest BCUT2D eigenvalue weighted by molar-refractivity contribution is 0.138. The van der Waals surface area contributed by atoms with Gasteiger partial charge in [0.1, 0.15) is 5.75 Å². The number of nitrogens with two attached hydrogens (primary N) is 1. The van der Waals surface area contributed by atoms with Gasteiger partial charge in [-0.1, -0.05) is 0 Å². The van der Waals surface area contributed by atoms with Crippen molar-refractivity contribution in [2.75, 3.05) is 39.1 Å². The van der Waals surface area contributed by atoms with Crippen molar-refractivity contribution >= 4 is 5.69 Å². The second-order valence-electron chi connectivity index (χ2n) is 5.03. The number of benzene rings is 1. The van der Waals surface area contributed by atoms with E-state index in [1.165, 1.54) is 12.8 Å². The summed E-state index contributed by atoms with van der Waals surface area (Å²) in [6.45, 7) is 3.68. The van der Waals surface area contributed by atoms with Crippen molar-refractivity contribution in [2.24, 2.45) is 0 Å². The Balaban J connectivity index is 1.63. The summed E-state index contributed by atoms with van der Waals surface area (Å²) in [5.74, 6) is 0.893. The molecule has 0 bridgehead atoms. The highest BCUT2D eigenvalue weighted by Crippen LogP contribution is 2.26. The van der Waals surface area contributed by atoms with E-state index in [0.29, 0.717) is 0 Å². The minimum atomic E-state index is 0.750. The molecular weight excluding hydrogens is 240 g/mol. The summed E-state index contributed by atoms with van der Waals surface area (Å²) in [6.07, 6.45) is 3.72. The second-order valence-corrected chi connectivity index (χ2v) is 5.03. The lowest BCUT2D eigenvalue weighted by Gasteiger charge is -2.21. The van der Waals surface area contributed by atoms with Gasteiger partial charge >= 0.3 is 0 Å². The molecular formula is C15H24N2O2. The number of nitrogen functional groups attached to an aromatic ring is 1. The first-order chi connectivity index (χ1) is 9.29. The van der Waals surface area contributed by atoms with Crippen molar-refractivity contribution < 1.29 is 9.47 Å². The highest BCUT2D eigenvalue weighted by Gasteiger charge is 2.27. The maximum atomic E-state index is 5.70. The fraction of sp³-hybridized carbons (Fsp3) is 0.600. The highest BCUT2D eigenvalue weighted by molar-refractivity contribution is 5.41. The molecule has 0 atom stereocenters. The number of hydrogen-bond acceptors (Lipinski definition) is 4. The summed E-state index contributed by atoms with van der Waals surface area (Å²) in [7, 11) is 1.76. The minimum absolute atomic E-state index is 0.750. The van der Waals surface area contributed by atoms with Crippen molar-refractivity contribution in [3.8, 4) is 5.75 Å². The van der Waals surface area contributed by atoms with Gasteiger partial charge in [-0.2, -0.15) is 0 Å². The van der Waals surface area contributed by atoms with Gasteiger partial charge in [-0.05, 0) is 43.5 Å². The number of anilines is 1. The third-order valence-corrected chi connectivity index (χ3v) is 3.38. The molecule has 2 rings (SSSR count). The number of methoxy groups -OCH3 is 1. The van der Waals surface area contributed by atoms with Crippen LogP contribution in [0, 0.1) is 0 Å². The van der Waals surface area contributed by atoms with Gasteiger partial charge in [-0.3, -0.25) is 4.90 Å². The van der Waals surface area contributed by atoms with Crippen LogP contribution >= 0.6 is 0 Å². The van der Waals surface area contributed by atoms with Gasteiger partial charge in [0.05, 0.1) is 13.2 Å². The van der Waals surface area contributed by atoms with Gasteiger partial charge in [0.15, 0.2) is 0 Å². The predicted octanol–water partition coefficient (Wildman–Crippen LogP) is 2.15. The zero-order valence-electron chi connectivity index (χ0n) is 11.7. The fourth-order valence-electron chi connectivity index (χ4n) is 2.15. The summed E-state index contributed by atoms with van der Waals surface area (Å²) in [5.41, 5.74) is 6.40. The summed E-state index contributed by atoms with van der Waals surface area (Å²) in [4.78, 5) is 2.51. The molecule has 0 aliphatic heterocycles. The summed E-state index contributed by atoms with van der Waals surface area (Å²) in [6, 6.07) is 8.35. The fourth-order valence-corrected chi connectivity index (χ4v) is 2.15. The van der Waals surface area contributed by atoms with Crippen LogP contribution in [0.2, 0.25) is 0 Å². The average molecular weight is 264 g/mol. The van der Waals surface area contributed by atoms with Crippen LogP contribution in [0.15, 0.2) is 24.3 Å². The Kier molecular flexibility index (Phi) is 5.48. The first-order valence-corrected chi connectivity index (χ1v) is 7.01. The molecule has 0 radical (unpaired) electrons. The molecule has 0 unspecified atom stereocenters.